The quantitative estimate of drug-likeness (QED) is 0.507. The van der Waals surface area contributed by atoms with E-state index in [4.69, 9.17) is 9.94 Å². The molecule has 0 saturated heterocycles. The molecule has 0 bridgehead atoms. The van der Waals surface area contributed by atoms with Gasteiger partial charge in [0.25, 0.3) is 0 Å². The number of ether oxygens (including phenoxy) is 1. The number of hydrogen-bond acceptors (Lipinski definition) is 8. The van der Waals surface area contributed by atoms with Crippen LogP contribution in [-0.2, 0) is 0 Å². The molecule has 134 valence electrons. The third kappa shape index (κ3) is 2.84. The van der Waals surface area contributed by atoms with Crippen LogP contribution in [0.5, 0.6) is 11.5 Å². The van der Waals surface area contributed by atoms with Crippen molar-refractivity contribution in [2.24, 2.45) is 0 Å². The molecular formula is C16H15N5O4S. The van der Waals surface area contributed by atoms with Crippen LogP contribution in [0.2, 0.25) is 0 Å². The molecular weight excluding hydrogens is 358 g/mol. The first-order chi connectivity index (χ1) is 12.6. The van der Waals surface area contributed by atoms with Gasteiger partial charge < -0.3 is 20.5 Å². The van der Waals surface area contributed by atoms with Crippen LogP contribution in [0.1, 0.15) is 10.9 Å². The molecule has 2 heterocycles. The summed E-state index contributed by atoms with van der Waals surface area (Å²) in [5, 5.41) is 38.0. The summed E-state index contributed by atoms with van der Waals surface area (Å²) in [6.45, 7) is 0. The Labute approximate surface area is 152 Å². The highest BCUT2D eigenvalue weighted by atomic mass is 32.2. The van der Waals surface area contributed by atoms with E-state index in [9.17, 15) is 10.3 Å². The van der Waals surface area contributed by atoms with E-state index in [1.165, 1.54) is 24.9 Å². The first kappa shape index (κ1) is 16.7. The minimum absolute atomic E-state index is 0.0739. The zero-order valence-electron chi connectivity index (χ0n) is 13.6. The normalized spacial score (nSPS) is 16.8. The molecule has 9 nitrogen and oxygen atoms in total. The fourth-order valence-corrected chi connectivity index (χ4v) is 3.67. The van der Waals surface area contributed by atoms with Gasteiger partial charge in [-0.1, -0.05) is 30.0 Å². The number of nitrogens with zero attached hydrogens (tertiary/aromatic N) is 3. The maximum Gasteiger partial charge on any atom is 0.212 e. The minimum Gasteiger partial charge on any atom is -0.595 e. The molecule has 4 rings (SSSR count). The van der Waals surface area contributed by atoms with E-state index in [2.05, 4.69) is 15.6 Å². The van der Waals surface area contributed by atoms with Crippen LogP contribution in [0.4, 0.5) is 5.69 Å². The van der Waals surface area contributed by atoms with Crippen molar-refractivity contribution in [3.05, 3.63) is 53.2 Å². The lowest BCUT2D eigenvalue weighted by Crippen LogP contribution is -2.99. The highest BCUT2D eigenvalue weighted by Gasteiger charge is 2.29. The van der Waals surface area contributed by atoms with E-state index >= 15 is 0 Å². The highest BCUT2D eigenvalue weighted by Crippen LogP contribution is 2.42. The predicted octanol–water partition coefficient (Wildman–Crippen LogP) is 1.41. The van der Waals surface area contributed by atoms with Crippen LogP contribution in [0, 0.1) is 5.21 Å². The number of rotatable bonds is 4. The molecule has 1 aromatic heterocycles. The number of benzene rings is 2. The molecule has 0 fully saturated rings. The summed E-state index contributed by atoms with van der Waals surface area (Å²) in [5.41, 5.74) is 5.03. The first-order valence-electron chi connectivity index (χ1n) is 7.66. The monoisotopic (exact) mass is 373 g/mol. The first-order valence-corrected chi connectivity index (χ1v) is 8.54. The standard InChI is InChI=1S/C16H15N5O4S/c1-25-13-8-10(5-6-12(13)22)15-19-20-14(17-18-16(20)26-15)9-3-2-4-11(7-9)21(23)24/h2-8,15,19,21-23H,1H3/t15-/m1/s1. The van der Waals surface area contributed by atoms with Gasteiger partial charge in [0.1, 0.15) is 5.37 Å². The highest BCUT2D eigenvalue weighted by molar-refractivity contribution is 7.99. The number of nitrogens with one attached hydrogen (secondary N) is 2. The van der Waals surface area contributed by atoms with Crippen molar-refractivity contribution in [1.29, 1.82) is 0 Å². The Bertz CT molecular complexity index is 962. The molecule has 10 heteroatoms. The molecule has 3 aromatic rings. The van der Waals surface area contributed by atoms with Crippen LogP contribution in [0.3, 0.4) is 0 Å². The second-order valence-corrected chi connectivity index (χ2v) is 6.66. The molecule has 0 amide bonds. The molecule has 26 heavy (non-hydrogen) atoms. The topological polar surface area (TPSA) is 120 Å². The Kier molecular flexibility index (Phi) is 4.17. The number of fused-ring (bicyclic) bond motifs is 1. The Balaban J connectivity index is 1.64. The second-order valence-electron chi connectivity index (χ2n) is 5.59. The molecule has 0 spiro atoms. The van der Waals surface area contributed by atoms with E-state index in [0.29, 0.717) is 22.3 Å². The van der Waals surface area contributed by atoms with E-state index in [1.807, 2.05) is 0 Å². The van der Waals surface area contributed by atoms with Gasteiger partial charge in [0.05, 0.1) is 7.11 Å². The summed E-state index contributed by atoms with van der Waals surface area (Å²) in [5.74, 6) is 0.996. The summed E-state index contributed by atoms with van der Waals surface area (Å²) in [4.78, 5) is 0. The van der Waals surface area contributed by atoms with Crippen molar-refractivity contribution in [1.82, 2.24) is 14.9 Å². The van der Waals surface area contributed by atoms with Gasteiger partial charge in [-0.2, -0.15) is 5.23 Å². The van der Waals surface area contributed by atoms with E-state index in [0.717, 1.165) is 5.56 Å². The summed E-state index contributed by atoms with van der Waals surface area (Å²) in [6, 6.07) is 11.7. The summed E-state index contributed by atoms with van der Waals surface area (Å²) in [6.07, 6.45) is 0. The van der Waals surface area contributed by atoms with Crippen LogP contribution in [0.15, 0.2) is 47.6 Å². The van der Waals surface area contributed by atoms with Crippen LogP contribution in [-0.4, -0.2) is 32.3 Å². The largest absolute Gasteiger partial charge is 0.595 e. The Morgan fingerprint density at radius 1 is 1.27 bits per heavy atom. The van der Waals surface area contributed by atoms with Crippen molar-refractivity contribution in [2.75, 3.05) is 12.5 Å². The zero-order valence-corrected chi connectivity index (χ0v) is 14.4. The van der Waals surface area contributed by atoms with Crippen molar-refractivity contribution in [2.45, 2.75) is 10.5 Å². The van der Waals surface area contributed by atoms with Gasteiger partial charge in [-0.05, 0) is 17.7 Å². The molecule has 0 aliphatic carbocycles. The molecule has 0 radical (unpaired) electrons. The smallest absolute Gasteiger partial charge is 0.212 e. The molecule has 2 aromatic carbocycles. The average molecular weight is 373 g/mol. The molecule has 4 N–H and O–H groups in total. The average Bonchev–Trinajstić information content (AvgIpc) is 3.23. The van der Waals surface area contributed by atoms with Crippen molar-refractivity contribution < 1.29 is 20.3 Å². The van der Waals surface area contributed by atoms with Gasteiger partial charge >= 0.3 is 0 Å². The van der Waals surface area contributed by atoms with E-state index in [1.54, 1.807) is 41.1 Å². The number of hydrogen-bond donors (Lipinski definition) is 4. The summed E-state index contributed by atoms with van der Waals surface area (Å²) >= 11 is 1.47. The second kappa shape index (κ2) is 6.50. The predicted molar refractivity (Wildman–Crippen MR) is 93.9 cm³/mol. The lowest BCUT2D eigenvalue weighted by atomic mass is 10.2. The fourth-order valence-electron chi connectivity index (χ4n) is 2.69. The minimum atomic E-state index is -0.996. The maximum absolute atomic E-state index is 11.2. The van der Waals surface area contributed by atoms with E-state index < -0.39 is 5.23 Å². The SMILES string of the molecule is COc1cc([C@@H]2Nn3c(nnc3-c3cccc([NH+]([O-])O)c3)S2)ccc1O. The number of phenols is 1. The lowest BCUT2D eigenvalue weighted by molar-refractivity contribution is -0.991. The van der Waals surface area contributed by atoms with Gasteiger partial charge in [-0.15, -0.1) is 10.2 Å². The van der Waals surface area contributed by atoms with Gasteiger partial charge in [-0.3, -0.25) is 0 Å². The van der Waals surface area contributed by atoms with Crippen LogP contribution >= 0.6 is 11.8 Å². The van der Waals surface area contributed by atoms with E-state index in [-0.39, 0.29) is 16.8 Å². The third-order valence-electron chi connectivity index (χ3n) is 3.98. The van der Waals surface area contributed by atoms with Crippen molar-refractivity contribution in [3.8, 4) is 22.9 Å². The number of thioether (sulfide) groups is 1. The Hall–Kier alpha value is -2.79. The molecule has 0 saturated carbocycles. The number of methoxy groups -OCH3 is 1. The molecule has 1 aliphatic rings. The van der Waals surface area contributed by atoms with Crippen LogP contribution < -0.4 is 15.4 Å². The van der Waals surface area contributed by atoms with Gasteiger partial charge in [0, 0.05) is 17.7 Å². The van der Waals surface area contributed by atoms with Crippen molar-refractivity contribution >= 4 is 17.4 Å². The Morgan fingerprint density at radius 3 is 2.88 bits per heavy atom. The fraction of sp³-hybridized carbons (Fsp3) is 0.125. The van der Waals surface area contributed by atoms with Crippen LogP contribution in [0.25, 0.3) is 11.4 Å². The third-order valence-corrected chi connectivity index (χ3v) is 5.07. The summed E-state index contributed by atoms with van der Waals surface area (Å²) in [7, 11) is 1.50. The number of aromatic hydroxyl groups is 1. The number of phenolic OH excluding ortho intramolecular Hbond substituents is 1. The maximum atomic E-state index is 11.2. The number of quaternary nitrogens is 1. The molecule has 1 unspecified atom stereocenters. The molecule has 1 aliphatic heterocycles. The lowest BCUT2D eigenvalue weighted by Gasteiger charge is -2.14. The van der Waals surface area contributed by atoms with Crippen molar-refractivity contribution in [3.63, 3.8) is 0 Å². The number of aromatic nitrogens is 3. The Morgan fingerprint density at radius 2 is 2.12 bits per heavy atom. The van der Waals surface area contributed by atoms with Gasteiger partial charge in [-0.25, -0.2) is 9.88 Å². The van der Waals surface area contributed by atoms with Gasteiger partial charge in [0.2, 0.25) is 5.16 Å². The molecule has 2 atom stereocenters. The summed E-state index contributed by atoms with van der Waals surface area (Å²) < 4.78 is 6.89. The zero-order chi connectivity index (χ0) is 18.3. The van der Waals surface area contributed by atoms with Gasteiger partial charge in [0.15, 0.2) is 23.0 Å².